The fourth-order valence-corrected chi connectivity index (χ4v) is 3.16. The molecule has 1 atom stereocenters. The molecule has 0 spiro atoms. The second-order valence-corrected chi connectivity index (χ2v) is 7.00. The van der Waals surface area contributed by atoms with E-state index in [9.17, 15) is 14.0 Å². The van der Waals surface area contributed by atoms with E-state index >= 15 is 0 Å². The van der Waals surface area contributed by atoms with Crippen molar-refractivity contribution in [2.24, 2.45) is 0 Å². The number of esters is 1. The Bertz CT molecular complexity index is 988. The molecule has 0 bridgehead atoms. The number of aromatic nitrogens is 2. The molecule has 0 aliphatic carbocycles. The molecule has 0 aliphatic heterocycles. The standard InChI is InChI=1S/C20H17FN2O4S/c1-12(24)11-28-17-6-4-3-5-16(17)20(25)26-13(2)18-22-23-19(27-18)14-7-9-15(21)10-8-14/h3-10,13H,11H2,1-2H3/t13-/m1/s1. The number of Topliss-reactive ketones (excluding diaryl/α,β-unsaturated/α-hetero) is 1. The fourth-order valence-electron chi connectivity index (χ4n) is 2.32. The van der Waals surface area contributed by atoms with Gasteiger partial charge in [-0.1, -0.05) is 12.1 Å². The lowest BCUT2D eigenvalue weighted by Gasteiger charge is -2.12. The van der Waals surface area contributed by atoms with Gasteiger partial charge in [-0.3, -0.25) is 4.79 Å². The molecule has 0 amide bonds. The highest BCUT2D eigenvalue weighted by Gasteiger charge is 2.21. The Kier molecular flexibility index (Phi) is 6.20. The zero-order valence-electron chi connectivity index (χ0n) is 15.2. The van der Waals surface area contributed by atoms with Crippen molar-refractivity contribution in [3.05, 3.63) is 65.8 Å². The summed E-state index contributed by atoms with van der Waals surface area (Å²) in [5, 5.41) is 7.82. The largest absolute Gasteiger partial charge is 0.449 e. The zero-order chi connectivity index (χ0) is 20.1. The Morgan fingerprint density at radius 3 is 2.57 bits per heavy atom. The van der Waals surface area contributed by atoms with Crippen LogP contribution in [0.25, 0.3) is 11.5 Å². The lowest BCUT2D eigenvalue weighted by Crippen LogP contribution is -2.11. The van der Waals surface area contributed by atoms with E-state index in [0.29, 0.717) is 16.0 Å². The van der Waals surface area contributed by atoms with Crippen LogP contribution in [0.3, 0.4) is 0 Å². The molecule has 0 N–H and O–H groups in total. The van der Waals surface area contributed by atoms with Crippen molar-refractivity contribution in [2.45, 2.75) is 24.8 Å². The number of nitrogens with zero attached hydrogens (tertiary/aromatic N) is 2. The number of thioether (sulfide) groups is 1. The normalized spacial score (nSPS) is 11.8. The molecule has 0 unspecified atom stereocenters. The van der Waals surface area contributed by atoms with Gasteiger partial charge in [0.2, 0.25) is 5.89 Å². The van der Waals surface area contributed by atoms with Gasteiger partial charge in [0.05, 0.1) is 11.3 Å². The summed E-state index contributed by atoms with van der Waals surface area (Å²) in [6, 6.07) is 12.5. The smallest absolute Gasteiger partial charge is 0.340 e. The van der Waals surface area contributed by atoms with Crippen molar-refractivity contribution in [3.8, 4) is 11.5 Å². The lowest BCUT2D eigenvalue weighted by molar-refractivity contribution is -0.114. The van der Waals surface area contributed by atoms with Crippen LogP contribution in [0, 0.1) is 5.82 Å². The minimum Gasteiger partial charge on any atom is -0.449 e. The first-order valence-electron chi connectivity index (χ1n) is 8.45. The summed E-state index contributed by atoms with van der Waals surface area (Å²) < 4.78 is 24.0. The minimum absolute atomic E-state index is 0.0146. The first-order chi connectivity index (χ1) is 13.4. The number of ether oxygens (including phenoxy) is 1. The quantitative estimate of drug-likeness (QED) is 0.427. The van der Waals surface area contributed by atoms with E-state index in [1.54, 1.807) is 31.2 Å². The fraction of sp³-hybridized carbons (Fsp3) is 0.200. The van der Waals surface area contributed by atoms with Gasteiger partial charge in [-0.05, 0) is 50.2 Å². The number of rotatable bonds is 7. The van der Waals surface area contributed by atoms with Crippen molar-refractivity contribution < 1.29 is 23.1 Å². The molecule has 6 nitrogen and oxygen atoms in total. The first kappa shape index (κ1) is 19.8. The first-order valence-corrected chi connectivity index (χ1v) is 9.44. The molecule has 28 heavy (non-hydrogen) atoms. The zero-order valence-corrected chi connectivity index (χ0v) is 16.0. The van der Waals surface area contributed by atoms with Crippen LogP contribution in [-0.4, -0.2) is 27.7 Å². The summed E-state index contributed by atoms with van der Waals surface area (Å²) in [4.78, 5) is 24.4. The van der Waals surface area contributed by atoms with Crippen LogP contribution in [0.15, 0.2) is 57.8 Å². The Morgan fingerprint density at radius 1 is 1.14 bits per heavy atom. The van der Waals surface area contributed by atoms with Gasteiger partial charge in [-0.2, -0.15) is 0 Å². The number of halogens is 1. The van der Waals surface area contributed by atoms with Gasteiger partial charge in [0, 0.05) is 10.5 Å². The van der Waals surface area contributed by atoms with Crippen LogP contribution in [0.2, 0.25) is 0 Å². The summed E-state index contributed by atoms with van der Waals surface area (Å²) in [7, 11) is 0. The maximum atomic E-state index is 13.0. The maximum absolute atomic E-state index is 13.0. The summed E-state index contributed by atoms with van der Waals surface area (Å²) in [5.41, 5.74) is 0.920. The number of hydrogen-bond donors (Lipinski definition) is 0. The Balaban J connectivity index is 1.71. The van der Waals surface area contributed by atoms with Gasteiger partial charge >= 0.3 is 5.97 Å². The summed E-state index contributed by atoms with van der Waals surface area (Å²) >= 11 is 1.28. The molecule has 0 aliphatic rings. The number of hydrogen-bond acceptors (Lipinski definition) is 7. The van der Waals surface area contributed by atoms with E-state index in [0.717, 1.165) is 0 Å². The van der Waals surface area contributed by atoms with Crippen molar-refractivity contribution in [1.82, 2.24) is 10.2 Å². The van der Waals surface area contributed by atoms with E-state index in [-0.39, 0.29) is 29.1 Å². The molecular weight excluding hydrogens is 383 g/mol. The Labute approximate surface area is 165 Å². The third kappa shape index (κ3) is 4.83. The molecule has 1 heterocycles. The Hall–Kier alpha value is -3.00. The van der Waals surface area contributed by atoms with E-state index in [4.69, 9.17) is 9.15 Å². The topological polar surface area (TPSA) is 82.3 Å². The molecule has 0 saturated heterocycles. The molecule has 0 fully saturated rings. The second-order valence-electron chi connectivity index (χ2n) is 5.99. The van der Waals surface area contributed by atoms with Crippen molar-refractivity contribution in [1.29, 1.82) is 0 Å². The van der Waals surface area contributed by atoms with Crippen molar-refractivity contribution in [2.75, 3.05) is 5.75 Å². The van der Waals surface area contributed by atoms with E-state index in [1.807, 2.05) is 0 Å². The lowest BCUT2D eigenvalue weighted by atomic mass is 10.2. The molecular formula is C20H17FN2O4S. The van der Waals surface area contributed by atoms with Crippen LogP contribution in [-0.2, 0) is 9.53 Å². The number of benzene rings is 2. The van der Waals surface area contributed by atoms with Crippen LogP contribution in [0.1, 0.15) is 36.2 Å². The molecule has 0 radical (unpaired) electrons. The number of carbonyl (C=O) groups excluding carboxylic acids is 2. The van der Waals surface area contributed by atoms with Crippen LogP contribution in [0.4, 0.5) is 4.39 Å². The highest BCUT2D eigenvalue weighted by Crippen LogP contribution is 2.27. The van der Waals surface area contributed by atoms with Crippen LogP contribution in [0.5, 0.6) is 0 Å². The van der Waals surface area contributed by atoms with Gasteiger partial charge in [0.15, 0.2) is 6.10 Å². The minimum atomic E-state index is -0.778. The SMILES string of the molecule is CC(=O)CSc1ccccc1C(=O)O[C@H](C)c1nnc(-c2ccc(F)cc2)o1. The van der Waals surface area contributed by atoms with Crippen molar-refractivity contribution >= 4 is 23.5 Å². The average Bonchev–Trinajstić information content (AvgIpc) is 3.17. The van der Waals surface area contributed by atoms with Gasteiger partial charge in [0.25, 0.3) is 5.89 Å². The summed E-state index contributed by atoms with van der Waals surface area (Å²) in [6.07, 6.45) is -0.778. The molecule has 3 rings (SSSR count). The molecule has 144 valence electrons. The summed E-state index contributed by atoms with van der Waals surface area (Å²) in [6.45, 7) is 3.11. The summed E-state index contributed by atoms with van der Waals surface area (Å²) in [5.74, 6) is -0.310. The maximum Gasteiger partial charge on any atom is 0.340 e. The van der Waals surface area contributed by atoms with E-state index < -0.39 is 12.1 Å². The van der Waals surface area contributed by atoms with Gasteiger partial charge in [-0.25, -0.2) is 9.18 Å². The molecule has 2 aromatic carbocycles. The highest BCUT2D eigenvalue weighted by atomic mass is 32.2. The van der Waals surface area contributed by atoms with Gasteiger partial charge in [-0.15, -0.1) is 22.0 Å². The highest BCUT2D eigenvalue weighted by molar-refractivity contribution is 8.00. The average molecular weight is 400 g/mol. The Morgan fingerprint density at radius 2 is 1.86 bits per heavy atom. The molecule has 3 aromatic rings. The third-order valence-electron chi connectivity index (χ3n) is 3.70. The van der Waals surface area contributed by atoms with E-state index in [2.05, 4.69) is 10.2 Å². The number of carbonyl (C=O) groups is 2. The van der Waals surface area contributed by atoms with Crippen LogP contribution >= 0.6 is 11.8 Å². The predicted octanol–water partition coefficient (Wildman–Crippen LogP) is 4.47. The second kappa shape index (κ2) is 8.79. The van der Waals surface area contributed by atoms with Crippen LogP contribution < -0.4 is 0 Å². The van der Waals surface area contributed by atoms with E-state index in [1.165, 1.54) is 43.0 Å². The van der Waals surface area contributed by atoms with Gasteiger partial charge in [0.1, 0.15) is 11.6 Å². The predicted molar refractivity (Wildman–Crippen MR) is 101 cm³/mol. The third-order valence-corrected chi connectivity index (χ3v) is 4.92. The molecule has 8 heteroatoms. The molecule has 0 saturated carbocycles. The molecule has 1 aromatic heterocycles. The monoisotopic (exact) mass is 400 g/mol. The van der Waals surface area contributed by atoms with Crippen molar-refractivity contribution in [3.63, 3.8) is 0 Å². The van der Waals surface area contributed by atoms with Gasteiger partial charge < -0.3 is 9.15 Å². The number of ketones is 1.